The van der Waals surface area contributed by atoms with E-state index < -0.39 is 0 Å². The molecule has 1 aromatic rings. The maximum Gasteiger partial charge on any atom is 0.185 e. The number of nitrogens with zero attached hydrogens (tertiary/aromatic N) is 3. The Balaban J connectivity index is 2.00. The van der Waals surface area contributed by atoms with Crippen LogP contribution in [0.15, 0.2) is 6.20 Å². The molecule has 18 heavy (non-hydrogen) atoms. The van der Waals surface area contributed by atoms with E-state index >= 15 is 0 Å². The predicted molar refractivity (Wildman–Crippen MR) is 78.5 cm³/mol. The molecule has 0 spiro atoms. The maximum atomic E-state index is 4.57. The number of rotatable bonds is 4. The zero-order valence-electron chi connectivity index (χ0n) is 11.8. The molecule has 1 aromatic heterocycles. The van der Waals surface area contributed by atoms with Gasteiger partial charge in [-0.15, -0.1) is 11.3 Å². The van der Waals surface area contributed by atoms with E-state index in [0.717, 1.165) is 5.13 Å². The molecule has 1 aliphatic heterocycles. The van der Waals surface area contributed by atoms with Crippen molar-refractivity contribution in [1.29, 1.82) is 0 Å². The van der Waals surface area contributed by atoms with Crippen LogP contribution >= 0.6 is 11.3 Å². The molecule has 1 N–H and O–H groups in total. The van der Waals surface area contributed by atoms with E-state index in [0.29, 0.717) is 12.1 Å². The van der Waals surface area contributed by atoms with Crippen LogP contribution in [-0.2, 0) is 0 Å². The van der Waals surface area contributed by atoms with Gasteiger partial charge in [0.25, 0.3) is 0 Å². The maximum absolute atomic E-state index is 4.57. The molecule has 0 radical (unpaired) electrons. The second-order valence-corrected chi connectivity index (χ2v) is 6.24. The fraction of sp³-hybridized carbons (Fsp3) is 0.769. The lowest BCUT2D eigenvalue weighted by atomic mass is 10.0. The fourth-order valence-electron chi connectivity index (χ4n) is 2.32. The molecule has 1 unspecified atom stereocenters. The van der Waals surface area contributed by atoms with Crippen LogP contribution in [-0.4, -0.2) is 50.2 Å². The Hall–Kier alpha value is -0.650. The highest BCUT2D eigenvalue weighted by Gasteiger charge is 2.22. The molecule has 0 amide bonds. The second-order valence-electron chi connectivity index (χ2n) is 5.20. The van der Waals surface area contributed by atoms with E-state index in [2.05, 4.69) is 41.1 Å². The van der Waals surface area contributed by atoms with Crippen molar-refractivity contribution in [2.75, 3.05) is 39.1 Å². The van der Waals surface area contributed by atoms with Crippen molar-refractivity contribution in [2.24, 2.45) is 0 Å². The summed E-state index contributed by atoms with van der Waals surface area (Å²) in [6.45, 7) is 4.56. The number of nitrogens with one attached hydrogen (secondary N) is 1. The molecule has 1 atom stereocenters. The Labute approximate surface area is 114 Å². The highest BCUT2D eigenvalue weighted by molar-refractivity contribution is 7.15. The Morgan fingerprint density at radius 1 is 1.50 bits per heavy atom. The molecule has 0 aromatic carbocycles. The first-order chi connectivity index (χ1) is 8.61. The van der Waals surface area contributed by atoms with E-state index in [1.165, 1.54) is 30.8 Å². The van der Waals surface area contributed by atoms with Crippen molar-refractivity contribution in [3.63, 3.8) is 0 Å². The zero-order chi connectivity index (χ0) is 13.1. The molecular formula is C13H24N4S. The number of thiazole rings is 1. The minimum Gasteiger partial charge on any atom is -0.348 e. The smallest absolute Gasteiger partial charge is 0.185 e. The van der Waals surface area contributed by atoms with Crippen molar-refractivity contribution in [3.8, 4) is 0 Å². The number of hydrogen-bond donors (Lipinski definition) is 1. The topological polar surface area (TPSA) is 31.4 Å². The van der Waals surface area contributed by atoms with Gasteiger partial charge in [-0.05, 0) is 47.0 Å². The summed E-state index contributed by atoms with van der Waals surface area (Å²) in [6, 6.07) is 1.03. The summed E-state index contributed by atoms with van der Waals surface area (Å²) in [6.07, 6.45) is 4.49. The standard InChI is InChI=1S/C13H24N4S/c1-10(14-2)12-9-15-13(18-12)17(4)11-5-7-16(3)8-6-11/h9-11,14H,5-8H2,1-4H3. The van der Waals surface area contributed by atoms with Crippen molar-refractivity contribution >= 4 is 16.5 Å². The second kappa shape index (κ2) is 5.99. The van der Waals surface area contributed by atoms with E-state index in [4.69, 9.17) is 0 Å². The summed E-state index contributed by atoms with van der Waals surface area (Å²) < 4.78 is 0. The third kappa shape index (κ3) is 3.02. The zero-order valence-corrected chi connectivity index (χ0v) is 12.6. The largest absolute Gasteiger partial charge is 0.348 e. The van der Waals surface area contributed by atoms with Gasteiger partial charge in [-0.1, -0.05) is 0 Å². The Morgan fingerprint density at radius 2 is 2.17 bits per heavy atom. The lowest BCUT2D eigenvalue weighted by Gasteiger charge is -2.34. The van der Waals surface area contributed by atoms with Gasteiger partial charge < -0.3 is 15.1 Å². The van der Waals surface area contributed by atoms with Gasteiger partial charge in [0.15, 0.2) is 5.13 Å². The van der Waals surface area contributed by atoms with Gasteiger partial charge in [-0.2, -0.15) is 0 Å². The third-order valence-electron chi connectivity index (χ3n) is 3.91. The predicted octanol–water partition coefficient (Wildman–Crippen LogP) is 1.95. The number of anilines is 1. The Morgan fingerprint density at radius 3 is 2.78 bits per heavy atom. The molecule has 4 nitrogen and oxygen atoms in total. The summed E-state index contributed by atoms with van der Waals surface area (Å²) in [7, 11) is 6.37. The van der Waals surface area contributed by atoms with E-state index in [-0.39, 0.29) is 0 Å². The Kier molecular flexibility index (Phi) is 4.59. The summed E-state index contributed by atoms with van der Waals surface area (Å²) in [5.41, 5.74) is 0. The van der Waals surface area contributed by atoms with Crippen LogP contribution in [0, 0.1) is 0 Å². The molecule has 1 fully saturated rings. The average Bonchev–Trinajstić information content (AvgIpc) is 2.87. The number of piperidine rings is 1. The molecule has 102 valence electrons. The summed E-state index contributed by atoms with van der Waals surface area (Å²) in [5.74, 6) is 0. The van der Waals surface area contributed by atoms with Crippen LogP contribution in [0.25, 0.3) is 0 Å². The first-order valence-corrected chi connectivity index (χ1v) is 7.48. The van der Waals surface area contributed by atoms with Crippen molar-refractivity contribution in [1.82, 2.24) is 15.2 Å². The first kappa shape index (κ1) is 13.8. The van der Waals surface area contributed by atoms with Gasteiger partial charge in [-0.3, -0.25) is 0 Å². The molecule has 1 saturated heterocycles. The minimum atomic E-state index is 0.391. The van der Waals surface area contributed by atoms with Gasteiger partial charge in [-0.25, -0.2) is 4.98 Å². The number of likely N-dealkylation sites (tertiary alicyclic amines) is 1. The quantitative estimate of drug-likeness (QED) is 0.904. The fourth-order valence-corrected chi connectivity index (χ4v) is 3.33. The van der Waals surface area contributed by atoms with Crippen LogP contribution in [0.5, 0.6) is 0 Å². The van der Waals surface area contributed by atoms with Crippen LogP contribution in [0.2, 0.25) is 0 Å². The van der Waals surface area contributed by atoms with Crippen LogP contribution in [0.3, 0.4) is 0 Å². The van der Waals surface area contributed by atoms with E-state index in [9.17, 15) is 0 Å². The van der Waals surface area contributed by atoms with Crippen LogP contribution < -0.4 is 10.2 Å². The molecular weight excluding hydrogens is 244 g/mol. The van der Waals surface area contributed by atoms with Gasteiger partial charge in [0.2, 0.25) is 0 Å². The monoisotopic (exact) mass is 268 g/mol. The highest BCUT2D eigenvalue weighted by atomic mass is 32.1. The highest BCUT2D eigenvalue weighted by Crippen LogP contribution is 2.29. The normalized spacial score (nSPS) is 20.0. The summed E-state index contributed by atoms with van der Waals surface area (Å²) in [4.78, 5) is 10.7. The van der Waals surface area contributed by atoms with E-state index in [1.807, 2.05) is 13.2 Å². The Bertz CT molecular complexity index is 371. The summed E-state index contributed by atoms with van der Waals surface area (Å²) >= 11 is 1.81. The van der Waals surface area contributed by atoms with Crippen molar-refractivity contribution in [3.05, 3.63) is 11.1 Å². The minimum absolute atomic E-state index is 0.391. The molecule has 5 heteroatoms. The molecule has 1 aliphatic rings. The number of hydrogen-bond acceptors (Lipinski definition) is 5. The molecule has 2 rings (SSSR count). The molecule has 0 aliphatic carbocycles. The lowest BCUT2D eigenvalue weighted by Crippen LogP contribution is -2.41. The molecule has 0 saturated carbocycles. The van der Waals surface area contributed by atoms with Crippen molar-refractivity contribution < 1.29 is 0 Å². The number of aromatic nitrogens is 1. The van der Waals surface area contributed by atoms with Crippen molar-refractivity contribution in [2.45, 2.75) is 31.8 Å². The lowest BCUT2D eigenvalue weighted by molar-refractivity contribution is 0.253. The average molecular weight is 268 g/mol. The van der Waals surface area contributed by atoms with Gasteiger partial charge in [0, 0.05) is 30.2 Å². The molecule has 2 heterocycles. The van der Waals surface area contributed by atoms with Crippen LogP contribution in [0.4, 0.5) is 5.13 Å². The third-order valence-corrected chi connectivity index (χ3v) is 5.18. The SMILES string of the molecule is CNC(C)c1cnc(N(C)C2CCN(C)CC2)s1. The van der Waals surface area contributed by atoms with Gasteiger partial charge in [0.1, 0.15) is 0 Å². The van der Waals surface area contributed by atoms with E-state index in [1.54, 1.807) is 11.3 Å². The summed E-state index contributed by atoms with van der Waals surface area (Å²) in [5, 5.41) is 4.42. The first-order valence-electron chi connectivity index (χ1n) is 6.66. The molecule has 0 bridgehead atoms. The van der Waals surface area contributed by atoms with Crippen LogP contribution in [0.1, 0.15) is 30.7 Å². The van der Waals surface area contributed by atoms with Gasteiger partial charge in [0.05, 0.1) is 0 Å². The van der Waals surface area contributed by atoms with Gasteiger partial charge >= 0.3 is 0 Å².